The van der Waals surface area contributed by atoms with Crippen LogP contribution in [0.25, 0.3) is 0 Å². The summed E-state index contributed by atoms with van der Waals surface area (Å²) < 4.78 is 46.3. The minimum absolute atomic E-state index is 1.19. The quantitative estimate of drug-likeness (QED) is 0.424. The SMILES string of the molecule is Fc1nc(C(F)(Cl)Cl)nc(F)c1F. The summed E-state index contributed by atoms with van der Waals surface area (Å²) in [6, 6.07) is 0. The molecule has 1 aromatic rings. The average molecular weight is 235 g/mol. The van der Waals surface area contributed by atoms with Crippen LogP contribution in [-0.4, -0.2) is 9.97 Å². The predicted molar refractivity (Wildman–Crippen MR) is 36.4 cm³/mol. The molecule has 0 N–H and O–H groups in total. The molecule has 0 saturated heterocycles. The number of aromatic nitrogens is 2. The molecule has 0 aliphatic carbocycles. The molecule has 8 heteroatoms. The third-order valence-corrected chi connectivity index (χ3v) is 1.36. The highest BCUT2D eigenvalue weighted by molar-refractivity contribution is 6.46. The maximum absolute atomic E-state index is 12.6. The third kappa shape index (κ3) is 2.19. The van der Waals surface area contributed by atoms with E-state index in [-0.39, 0.29) is 0 Å². The van der Waals surface area contributed by atoms with E-state index < -0.39 is 28.1 Å². The zero-order valence-electron chi connectivity index (χ0n) is 5.66. The van der Waals surface area contributed by atoms with E-state index in [0.717, 1.165) is 0 Å². The first-order chi connectivity index (χ1) is 5.82. The van der Waals surface area contributed by atoms with Gasteiger partial charge in [-0.3, -0.25) is 0 Å². The molecule has 2 nitrogen and oxygen atoms in total. The largest absolute Gasteiger partial charge is 0.317 e. The van der Waals surface area contributed by atoms with Crippen molar-refractivity contribution >= 4 is 23.2 Å². The lowest BCUT2D eigenvalue weighted by Gasteiger charge is -2.06. The molecule has 0 amide bonds. The first kappa shape index (κ1) is 10.5. The van der Waals surface area contributed by atoms with Gasteiger partial charge in [-0.2, -0.15) is 27.5 Å². The Morgan fingerprint density at radius 1 is 1.00 bits per heavy atom. The van der Waals surface area contributed by atoms with Crippen LogP contribution in [0.5, 0.6) is 0 Å². The van der Waals surface area contributed by atoms with Gasteiger partial charge in [0.2, 0.25) is 11.6 Å². The van der Waals surface area contributed by atoms with Gasteiger partial charge in [0.1, 0.15) is 0 Å². The molecule has 1 aromatic heterocycles. The number of rotatable bonds is 1. The standard InChI is InChI=1S/C5Cl2F4N2/c6-5(7,11)4-12-2(9)1(8)3(10)13-4. The van der Waals surface area contributed by atoms with Gasteiger partial charge < -0.3 is 0 Å². The summed E-state index contributed by atoms with van der Waals surface area (Å²) >= 11 is 9.55. The second-order valence-electron chi connectivity index (χ2n) is 1.94. The number of halogens is 6. The lowest BCUT2D eigenvalue weighted by Crippen LogP contribution is -2.13. The predicted octanol–water partition coefficient (Wildman–Crippen LogP) is 2.45. The smallest absolute Gasteiger partial charge is 0.199 e. The Morgan fingerprint density at radius 2 is 1.38 bits per heavy atom. The maximum Gasteiger partial charge on any atom is 0.317 e. The molecule has 13 heavy (non-hydrogen) atoms. The van der Waals surface area contributed by atoms with Crippen molar-refractivity contribution in [1.82, 2.24) is 9.97 Å². The Bertz CT molecular complexity index is 315. The summed E-state index contributed by atoms with van der Waals surface area (Å²) in [6.07, 6.45) is 0. The molecule has 0 aromatic carbocycles. The zero-order valence-corrected chi connectivity index (χ0v) is 7.17. The number of hydrogen-bond acceptors (Lipinski definition) is 2. The Balaban J connectivity index is 3.29. The van der Waals surface area contributed by atoms with Gasteiger partial charge in [0.05, 0.1) is 0 Å². The molecule has 0 fully saturated rings. The monoisotopic (exact) mass is 234 g/mol. The van der Waals surface area contributed by atoms with Crippen LogP contribution in [-0.2, 0) is 4.59 Å². The van der Waals surface area contributed by atoms with Gasteiger partial charge in [0, 0.05) is 0 Å². The molecule has 0 spiro atoms. The summed E-state index contributed by atoms with van der Waals surface area (Å²) in [6.45, 7) is 0. The fraction of sp³-hybridized carbons (Fsp3) is 0.200. The summed E-state index contributed by atoms with van der Waals surface area (Å²) in [5.41, 5.74) is 0. The number of nitrogens with zero attached hydrogens (tertiary/aromatic N) is 2. The molecule has 0 bridgehead atoms. The maximum atomic E-state index is 12.6. The second kappa shape index (κ2) is 3.26. The van der Waals surface area contributed by atoms with Gasteiger partial charge in [0.25, 0.3) is 11.9 Å². The van der Waals surface area contributed by atoms with Crippen LogP contribution >= 0.6 is 23.2 Å². The second-order valence-corrected chi connectivity index (χ2v) is 3.18. The fourth-order valence-electron chi connectivity index (χ4n) is 0.521. The van der Waals surface area contributed by atoms with Crippen LogP contribution in [0.1, 0.15) is 5.82 Å². The van der Waals surface area contributed by atoms with E-state index >= 15 is 0 Å². The van der Waals surface area contributed by atoms with Crippen LogP contribution in [0.3, 0.4) is 0 Å². The molecule has 1 rings (SSSR count). The van der Waals surface area contributed by atoms with E-state index in [0.29, 0.717) is 0 Å². The summed E-state index contributed by atoms with van der Waals surface area (Å²) in [7, 11) is 0. The average Bonchev–Trinajstić information content (AvgIpc) is 1.97. The van der Waals surface area contributed by atoms with Gasteiger partial charge in [-0.05, 0) is 0 Å². The Hall–Kier alpha value is -0.620. The Kier molecular flexibility index (Phi) is 2.63. The Morgan fingerprint density at radius 3 is 1.69 bits per heavy atom. The molecule has 0 radical (unpaired) electrons. The minimum Gasteiger partial charge on any atom is -0.199 e. The van der Waals surface area contributed by atoms with Crippen molar-refractivity contribution in [1.29, 1.82) is 0 Å². The molecule has 0 aliphatic rings. The van der Waals surface area contributed by atoms with Crippen LogP contribution in [0, 0.1) is 17.7 Å². The van der Waals surface area contributed by atoms with Gasteiger partial charge >= 0.3 is 4.59 Å². The summed E-state index contributed by atoms with van der Waals surface area (Å²) in [4.78, 5) is 5.15. The number of alkyl halides is 3. The van der Waals surface area contributed by atoms with Gasteiger partial charge in [-0.15, -0.1) is 0 Å². The highest BCUT2D eigenvalue weighted by Crippen LogP contribution is 2.32. The van der Waals surface area contributed by atoms with Crippen LogP contribution in [0.4, 0.5) is 17.6 Å². The van der Waals surface area contributed by atoms with Crippen LogP contribution < -0.4 is 0 Å². The molecule has 72 valence electrons. The summed E-state index contributed by atoms with van der Waals surface area (Å²) in [5, 5.41) is 0. The van der Waals surface area contributed by atoms with Gasteiger partial charge in [-0.1, -0.05) is 23.2 Å². The highest BCUT2D eigenvalue weighted by Gasteiger charge is 2.32. The lowest BCUT2D eigenvalue weighted by molar-refractivity contribution is 0.347. The van der Waals surface area contributed by atoms with Crippen molar-refractivity contribution in [3.8, 4) is 0 Å². The molecule has 0 unspecified atom stereocenters. The minimum atomic E-state index is -3.16. The topological polar surface area (TPSA) is 25.8 Å². The van der Waals surface area contributed by atoms with E-state index in [1.807, 2.05) is 0 Å². The summed E-state index contributed by atoms with van der Waals surface area (Å²) in [5.74, 6) is -6.81. The molecular formula is C5Cl2F4N2. The number of hydrogen-bond donors (Lipinski definition) is 0. The molecule has 1 heterocycles. The zero-order chi connectivity index (χ0) is 10.2. The molecular weight excluding hydrogens is 235 g/mol. The van der Waals surface area contributed by atoms with E-state index in [2.05, 4.69) is 9.97 Å². The van der Waals surface area contributed by atoms with Crippen molar-refractivity contribution in [3.63, 3.8) is 0 Å². The first-order valence-corrected chi connectivity index (χ1v) is 3.53. The van der Waals surface area contributed by atoms with Crippen molar-refractivity contribution in [2.45, 2.75) is 4.59 Å². The molecule has 0 atom stereocenters. The Labute approximate surface area is 79.5 Å². The van der Waals surface area contributed by atoms with Gasteiger partial charge in [-0.25, -0.2) is 0 Å². The van der Waals surface area contributed by atoms with Crippen molar-refractivity contribution in [2.24, 2.45) is 0 Å². The van der Waals surface area contributed by atoms with Crippen LogP contribution in [0.2, 0.25) is 0 Å². The van der Waals surface area contributed by atoms with Crippen molar-refractivity contribution in [3.05, 3.63) is 23.5 Å². The first-order valence-electron chi connectivity index (χ1n) is 2.78. The lowest BCUT2D eigenvalue weighted by atomic mass is 10.5. The van der Waals surface area contributed by atoms with E-state index in [9.17, 15) is 17.6 Å². The van der Waals surface area contributed by atoms with E-state index in [4.69, 9.17) is 23.2 Å². The van der Waals surface area contributed by atoms with Gasteiger partial charge in [0.15, 0.2) is 0 Å². The normalized spacial score (nSPS) is 11.8. The van der Waals surface area contributed by atoms with Crippen LogP contribution in [0.15, 0.2) is 0 Å². The highest BCUT2D eigenvalue weighted by atomic mass is 35.5. The van der Waals surface area contributed by atoms with E-state index in [1.54, 1.807) is 0 Å². The third-order valence-electron chi connectivity index (χ3n) is 1.02. The van der Waals surface area contributed by atoms with E-state index in [1.165, 1.54) is 0 Å². The molecule has 0 saturated carbocycles. The molecule has 0 aliphatic heterocycles. The van der Waals surface area contributed by atoms with Crippen molar-refractivity contribution in [2.75, 3.05) is 0 Å². The van der Waals surface area contributed by atoms with Crippen molar-refractivity contribution < 1.29 is 17.6 Å². The fourth-order valence-corrected chi connectivity index (χ4v) is 0.690.